The van der Waals surface area contributed by atoms with Gasteiger partial charge >= 0.3 is 0 Å². The summed E-state index contributed by atoms with van der Waals surface area (Å²) in [7, 11) is 1.60. The van der Waals surface area contributed by atoms with E-state index in [9.17, 15) is 0 Å². The fourth-order valence-electron chi connectivity index (χ4n) is 8.43. The van der Waals surface area contributed by atoms with Crippen molar-refractivity contribution in [2.75, 3.05) is 20.3 Å². The number of rotatable bonds is 20. The maximum absolute atomic E-state index is 7.27. The summed E-state index contributed by atoms with van der Waals surface area (Å²) in [6.45, 7) is 1.95. The molecule has 11 nitrogen and oxygen atoms in total. The molecule has 12 heteroatoms. The number of fused-ring (bicyclic) bond motifs is 1. The third kappa shape index (κ3) is 12.0. The molecule has 0 amide bonds. The first-order chi connectivity index (χ1) is 32.2. The van der Waals surface area contributed by atoms with Gasteiger partial charge in [-0.15, -0.1) is 11.3 Å². The van der Waals surface area contributed by atoms with Crippen molar-refractivity contribution >= 4 is 11.3 Å². The van der Waals surface area contributed by atoms with E-state index >= 15 is 0 Å². The van der Waals surface area contributed by atoms with Gasteiger partial charge in [-0.05, 0) is 33.7 Å². The highest BCUT2D eigenvalue weighted by Gasteiger charge is 2.56. The summed E-state index contributed by atoms with van der Waals surface area (Å²) in [4.78, 5) is 1.03. The van der Waals surface area contributed by atoms with Gasteiger partial charge in [0.25, 0.3) is 0 Å². The first-order valence-electron chi connectivity index (χ1n) is 22.2. The lowest BCUT2D eigenvalue weighted by atomic mass is 9.95. The number of methoxy groups -OCH3 is 1. The molecule has 340 valence electrons. The van der Waals surface area contributed by atoms with Crippen LogP contribution in [0.4, 0.5) is 0 Å². The highest BCUT2D eigenvalue weighted by atomic mass is 32.1. The average molecular weight is 901 g/mol. The Morgan fingerprint density at radius 1 is 0.492 bits per heavy atom. The van der Waals surface area contributed by atoms with Gasteiger partial charge in [-0.25, -0.2) is 0 Å². The van der Waals surface area contributed by atoms with E-state index in [1.807, 2.05) is 169 Å². The van der Waals surface area contributed by atoms with Crippen LogP contribution in [0.25, 0.3) is 0 Å². The van der Waals surface area contributed by atoms with Gasteiger partial charge in [0, 0.05) is 17.6 Å². The zero-order chi connectivity index (χ0) is 44.0. The molecule has 0 N–H and O–H groups in total. The molecule has 3 aliphatic heterocycles. The molecule has 4 heterocycles. The quantitative estimate of drug-likeness (QED) is 0.0734. The lowest BCUT2D eigenvalue weighted by Gasteiger charge is -2.51. The van der Waals surface area contributed by atoms with E-state index in [4.69, 9.17) is 52.1 Å². The predicted molar refractivity (Wildman–Crippen MR) is 243 cm³/mol. The highest BCUT2D eigenvalue weighted by molar-refractivity contribution is 7.09. The number of ether oxygens (including phenoxy) is 11. The summed E-state index contributed by atoms with van der Waals surface area (Å²) >= 11 is 1.61. The number of hydrogen-bond acceptors (Lipinski definition) is 12. The third-order valence-electron chi connectivity index (χ3n) is 11.7. The van der Waals surface area contributed by atoms with Gasteiger partial charge in [-0.2, -0.15) is 0 Å². The molecular formula is C53H56O11S. The molecule has 0 saturated carbocycles. The Hall–Kier alpha value is -4.64. The second-order valence-corrected chi connectivity index (χ2v) is 17.3. The topological polar surface area (TPSA) is 102 Å². The van der Waals surface area contributed by atoms with Crippen LogP contribution in [0.1, 0.15) is 39.0 Å². The highest BCUT2D eigenvalue weighted by Crippen LogP contribution is 2.40. The molecule has 5 aromatic carbocycles. The maximum Gasteiger partial charge on any atom is 0.187 e. The van der Waals surface area contributed by atoms with Gasteiger partial charge in [-0.1, -0.05) is 158 Å². The van der Waals surface area contributed by atoms with Gasteiger partial charge < -0.3 is 52.1 Å². The van der Waals surface area contributed by atoms with E-state index in [1.165, 1.54) is 0 Å². The van der Waals surface area contributed by atoms with Crippen molar-refractivity contribution < 1.29 is 52.1 Å². The molecular weight excluding hydrogens is 845 g/mol. The zero-order valence-corrected chi connectivity index (χ0v) is 37.2. The van der Waals surface area contributed by atoms with Crippen LogP contribution in [-0.4, -0.2) is 81.7 Å². The van der Waals surface area contributed by atoms with Crippen LogP contribution < -0.4 is 0 Å². The smallest absolute Gasteiger partial charge is 0.187 e. The minimum Gasteiger partial charge on any atom is -0.374 e. The molecule has 0 radical (unpaired) electrons. The van der Waals surface area contributed by atoms with Crippen molar-refractivity contribution in [3.8, 4) is 0 Å². The first kappa shape index (κ1) is 45.5. The molecule has 1 unspecified atom stereocenters. The lowest BCUT2D eigenvalue weighted by Crippen LogP contribution is -2.67. The monoisotopic (exact) mass is 900 g/mol. The van der Waals surface area contributed by atoms with Crippen molar-refractivity contribution in [2.45, 2.75) is 101 Å². The van der Waals surface area contributed by atoms with Gasteiger partial charge in [0.2, 0.25) is 0 Å². The van der Waals surface area contributed by atoms with Gasteiger partial charge in [0.15, 0.2) is 18.9 Å². The lowest BCUT2D eigenvalue weighted by molar-refractivity contribution is -0.400. The minimum absolute atomic E-state index is 0.170. The Balaban J connectivity index is 1.07. The van der Waals surface area contributed by atoms with E-state index in [-0.39, 0.29) is 33.0 Å². The molecule has 6 aromatic rings. The third-order valence-corrected chi connectivity index (χ3v) is 12.6. The Morgan fingerprint density at radius 2 is 1.03 bits per heavy atom. The second kappa shape index (κ2) is 23.2. The van der Waals surface area contributed by atoms with E-state index in [0.29, 0.717) is 13.2 Å². The minimum atomic E-state index is -1.05. The SMILES string of the molecule is CO[C@H]1O[C@@H]2COC(c3ccccc3)O[C@H]2[C@H](OCc2ccccc2)[C@@H]1O[C@H]1O[C@H](COCc2ccccc2)[C@@H](OCc2ccccc2)[C@H](OCc2ccccc2)[C@H]1OCc1cccs1. The fraction of sp³-hybridized carbons (Fsp3) is 0.358. The summed E-state index contributed by atoms with van der Waals surface area (Å²) in [5, 5.41) is 2.03. The molecule has 1 aromatic heterocycles. The van der Waals surface area contributed by atoms with Crippen molar-refractivity contribution in [3.63, 3.8) is 0 Å². The first-order valence-corrected chi connectivity index (χ1v) is 23.1. The predicted octanol–water partition coefficient (Wildman–Crippen LogP) is 9.20. The number of hydrogen-bond donors (Lipinski definition) is 0. The van der Waals surface area contributed by atoms with Crippen LogP contribution in [-0.2, 0) is 85.1 Å². The van der Waals surface area contributed by atoms with Crippen LogP contribution in [0.15, 0.2) is 169 Å². The van der Waals surface area contributed by atoms with Gasteiger partial charge in [-0.3, -0.25) is 0 Å². The largest absolute Gasteiger partial charge is 0.374 e. The van der Waals surface area contributed by atoms with E-state index in [0.717, 1.165) is 32.7 Å². The van der Waals surface area contributed by atoms with Gasteiger partial charge in [0.1, 0.15) is 48.8 Å². The van der Waals surface area contributed by atoms with Crippen LogP contribution >= 0.6 is 11.3 Å². The zero-order valence-electron chi connectivity index (χ0n) is 36.4. The Bertz CT molecular complexity index is 2240. The van der Waals surface area contributed by atoms with Crippen LogP contribution in [0.5, 0.6) is 0 Å². The molecule has 0 bridgehead atoms. The summed E-state index contributed by atoms with van der Waals surface area (Å²) in [5.41, 5.74) is 4.91. The van der Waals surface area contributed by atoms with Crippen LogP contribution in [0, 0.1) is 0 Å². The summed E-state index contributed by atoms with van der Waals surface area (Å²) in [6.07, 6.45) is -8.15. The second-order valence-electron chi connectivity index (χ2n) is 16.2. The molecule has 9 rings (SSSR count). The molecule has 65 heavy (non-hydrogen) atoms. The Morgan fingerprint density at radius 3 is 1.60 bits per heavy atom. The van der Waals surface area contributed by atoms with Crippen LogP contribution in [0.3, 0.4) is 0 Å². The van der Waals surface area contributed by atoms with E-state index < -0.39 is 67.7 Å². The maximum atomic E-state index is 7.27. The molecule has 3 aliphatic rings. The number of thiophene rings is 1. The normalized spacial score (nSPS) is 27.8. The van der Waals surface area contributed by atoms with Crippen molar-refractivity contribution in [1.29, 1.82) is 0 Å². The molecule has 0 aliphatic carbocycles. The van der Waals surface area contributed by atoms with Crippen LogP contribution in [0.2, 0.25) is 0 Å². The summed E-state index contributed by atoms with van der Waals surface area (Å²) in [6, 6.07) is 54.1. The average Bonchev–Trinajstić information content (AvgIpc) is 3.90. The van der Waals surface area contributed by atoms with Gasteiger partial charge in [0.05, 0.1) is 46.2 Å². The number of benzene rings is 5. The van der Waals surface area contributed by atoms with Crippen molar-refractivity contribution in [2.24, 2.45) is 0 Å². The summed E-state index contributed by atoms with van der Waals surface area (Å²) in [5.74, 6) is 0. The summed E-state index contributed by atoms with van der Waals surface area (Å²) < 4.78 is 74.4. The van der Waals surface area contributed by atoms with E-state index in [1.54, 1.807) is 18.4 Å². The molecule has 11 atom stereocenters. The Labute approximate surface area is 385 Å². The van der Waals surface area contributed by atoms with Crippen molar-refractivity contribution in [3.05, 3.63) is 202 Å². The molecule has 3 saturated heterocycles. The molecule has 0 spiro atoms. The molecule has 3 fully saturated rings. The van der Waals surface area contributed by atoms with E-state index in [2.05, 4.69) is 0 Å². The fourth-order valence-corrected chi connectivity index (χ4v) is 9.06. The van der Waals surface area contributed by atoms with Crippen molar-refractivity contribution in [1.82, 2.24) is 0 Å². The standard InChI is InChI=1S/C53H56O11S/c1-54-52-50(48(58-33-40-24-13-5-14-25-40)46-44(61-52)36-60-51(63-46)41-26-15-6-16-27-41)64-53-49(59-34-42-28-17-29-65-42)47(57-32-39-22-11-4-12-23-39)45(56-31-38-20-9-3-10-21-38)43(62-53)35-55-30-37-18-7-2-8-19-37/h2-29,43-53H,30-36H2,1H3/t43-,44-,45-,46-,47+,48+,49-,50+,51?,52+,53-/m1/s1. The Kier molecular flexibility index (Phi) is 16.2.